The molecule has 1 atom stereocenters. The van der Waals surface area contributed by atoms with Gasteiger partial charge < -0.3 is 10.5 Å². The molecule has 0 spiro atoms. The molecule has 10 heteroatoms. The Labute approximate surface area is 208 Å². The predicted molar refractivity (Wildman–Crippen MR) is 128 cm³/mol. The van der Waals surface area contributed by atoms with Crippen molar-refractivity contribution in [2.75, 3.05) is 12.4 Å². The number of aromatic nitrogens is 1. The van der Waals surface area contributed by atoms with Crippen molar-refractivity contribution in [3.8, 4) is 6.07 Å². The van der Waals surface area contributed by atoms with Crippen LogP contribution in [0.1, 0.15) is 40.0 Å². The number of halogens is 2. The normalized spacial score (nSPS) is 17.7. The number of esters is 1. The van der Waals surface area contributed by atoms with E-state index >= 15 is 4.39 Å². The number of thioether (sulfide) groups is 1. The minimum atomic E-state index is -1.13. The van der Waals surface area contributed by atoms with Crippen LogP contribution in [0.25, 0.3) is 0 Å². The Bertz CT molecular complexity index is 1350. The van der Waals surface area contributed by atoms with Crippen molar-refractivity contribution in [3.63, 3.8) is 0 Å². The lowest BCUT2D eigenvalue weighted by atomic mass is 9.81. The molecule has 0 radical (unpaired) electrons. The first-order valence-corrected chi connectivity index (χ1v) is 12.2. The quantitative estimate of drug-likeness (QED) is 0.570. The summed E-state index contributed by atoms with van der Waals surface area (Å²) in [6, 6.07) is 8.14. The number of nitrogens with two attached hydrogens (primary N) is 1. The summed E-state index contributed by atoms with van der Waals surface area (Å²) in [6.45, 7) is 5.33. The molecular formula is C24H20BrFN4O3S. The van der Waals surface area contributed by atoms with Gasteiger partial charge in [0.25, 0.3) is 5.91 Å². The predicted octanol–water partition coefficient (Wildman–Crippen LogP) is 4.46. The number of amides is 1. The van der Waals surface area contributed by atoms with Crippen LogP contribution in [0, 0.1) is 31.0 Å². The van der Waals surface area contributed by atoms with Crippen molar-refractivity contribution in [1.82, 2.24) is 9.88 Å². The maximum atomic E-state index is 15.1. The highest BCUT2D eigenvalue weighted by Crippen LogP contribution is 2.46. The number of carbonyl (C=O) groups excluding carboxylic acids is 2. The molecular weight excluding hydrogens is 523 g/mol. The van der Waals surface area contributed by atoms with Gasteiger partial charge in [0, 0.05) is 27.2 Å². The van der Waals surface area contributed by atoms with Gasteiger partial charge in [-0.25, -0.2) is 14.2 Å². The van der Waals surface area contributed by atoms with Crippen LogP contribution in [0.4, 0.5) is 4.39 Å². The number of aryl methyl sites for hydroxylation is 2. The van der Waals surface area contributed by atoms with Gasteiger partial charge in [-0.15, -0.1) is 0 Å². The summed E-state index contributed by atoms with van der Waals surface area (Å²) in [7, 11) is 0. The van der Waals surface area contributed by atoms with Crippen LogP contribution in [0.3, 0.4) is 0 Å². The zero-order valence-corrected chi connectivity index (χ0v) is 21.0. The summed E-state index contributed by atoms with van der Waals surface area (Å²) in [6.07, 6.45) is 0. The maximum absolute atomic E-state index is 15.1. The lowest BCUT2D eigenvalue weighted by Gasteiger charge is -2.35. The third-order valence-corrected chi connectivity index (χ3v) is 7.12. The fourth-order valence-electron chi connectivity index (χ4n) is 4.25. The first-order valence-electron chi connectivity index (χ1n) is 10.4. The average molecular weight is 543 g/mol. The molecule has 4 rings (SSSR count). The van der Waals surface area contributed by atoms with Crippen LogP contribution in [-0.2, 0) is 9.53 Å². The standard InChI is InChI=1S/C24H20BrFN4O3S/c1-4-33-24(32)20-17-10-34-22-18(11(2)7-12(3)29-22)23(31)30(17)21(28)15(9-27)19(20)14-6-5-13(25)8-16(14)26/h5-8,19H,4,10,28H2,1-3H3. The summed E-state index contributed by atoms with van der Waals surface area (Å²) in [4.78, 5) is 32.7. The fourth-order valence-corrected chi connectivity index (χ4v) is 5.74. The Morgan fingerprint density at radius 1 is 1.41 bits per heavy atom. The summed E-state index contributed by atoms with van der Waals surface area (Å²) in [5, 5.41) is 10.6. The van der Waals surface area contributed by atoms with E-state index in [9.17, 15) is 14.9 Å². The number of hydrogen-bond donors (Lipinski definition) is 1. The van der Waals surface area contributed by atoms with Crippen molar-refractivity contribution in [3.05, 3.63) is 79.6 Å². The average Bonchev–Trinajstić information content (AvgIpc) is 2.90. The van der Waals surface area contributed by atoms with Crippen molar-refractivity contribution in [1.29, 1.82) is 5.26 Å². The minimum absolute atomic E-state index is 0.0110. The molecule has 0 bridgehead atoms. The summed E-state index contributed by atoms with van der Waals surface area (Å²) < 4.78 is 20.9. The molecule has 0 saturated heterocycles. The second kappa shape index (κ2) is 9.24. The lowest BCUT2D eigenvalue weighted by molar-refractivity contribution is -0.138. The van der Waals surface area contributed by atoms with E-state index in [-0.39, 0.29) is 40.6 Å². The third-order valence-electron chi connectivity index (χ3n) is 5.64. The molecule has 2 aliphatic rings. The number of nitrogens with zero attached hydrogens (tertiary/aromatic N) is 3. The van der Waals surface area contributed by atoms with Gasteiger partial charge in [0.15, 0.2) is 0 Å². The number of hydrogen-bond acceptors (Lipinski definition) is 7. The number of benzene rings is 1. The second-order valence-electron chi connectivity index (χ2n) is 7.78. The van der Waals surface area contributed by atoms with E-state index in [4.69, 9.17) is 10.5 Å². The molecule has 0 saturated carbocycles. The second-order valence-corrected chi connectivity index (χ2v) is 9.66. The molecule has 34 heavy (non-hydrogen) atoms. The molecule has 1 aromatic heterocycles. The number of fused-ring (bicyclic) bond motifs is 2. The number of carbonyl (C=O) groups is 2. The topological polar surface area (TPSA) is 109 Å². The number of ether oxygens (including phenoxy) is 1. The third kappa shape index (κ3) is 3.89. The fraction of sp³-hybridized carbons (Fsp3) is 0.250. The van der Waals surface area contributed by atoms with Crippen LogP contribution in [0.2, 0.25) is 0 Å². The van der Waals surface area contributed by atoms with Gasteiger partial charge in [-0.3, -0.25) is 9.69 Å². The van der Waals surface area contributed by atoms with Gasteiger partial charge >= 0.3 is 5.97 Å². The Morgan fingerprint density at radius 2 is 2.15 bits per heavy atom. The number of allylic oxidation sites excluding steroid dienone is 1. The van der Waals surface area contributed by atoms with Gasteiger partial charge in [0.1, 0.15) is 16.7 Å². The monoisotopic (exact) mass is 542 g/mol. The van der Waals surface area contributed by atoms with Gasteiger partial charge in [0.05, 0.1) is 35.3 Å². The van der Waals surface area contributed by atoms with E-state index in [0.29, 0.717) is 20.6 Å². The zero-order valence-electron chi connectivity index (χ0n) is 18.6. The molecule has 0 fully saturated rings. The molecule has 7 nitrogen and oxygen atoms in total. The Kier molecular flexibility index (Phi) is 6.51. The van der Waals surface area contributed by atoms with E-state index in [1.54, 1.807) is 26.0 Å². The van der Waals surface area contributed by atoms with Gasteiger partial charge in [0.2, 0.25) is 0 Å². The number of nitriles is 1. The first kappa shape index (κ1) is 24.0. The highest BCUT2D eigenvalue weighted by molar-refractivity contribution is 9.10. The Balaban J connectivity index is 2.03. The molecule has 174 valence electrons. The van der Waals surface area contributed by atoms with Gasteiger partial charge in [-0.2, -0.15) is 5.26 Å². The van der Waals surface area contributed by atoms with Crippen molar-refractivity contribution >= 4 is 39.6 Å². The van der Waals surface area contributed by atoms with Crippen LogP contribution in [0.15, 0.2) is 56.4 Å². The highest BCUT2D eigenvalue weighted by Gasteiger charge is 2.44. The maximum Gasteiger partial charge on any atom is 0.336 e. The van der Waals surface area contributed by atoms with Gasteiger partial charge in [-0.1, -0.05) is 33.8 Å². The zero-order chi connectivity index (χ0) is 24.7. The minimum Gasteiger partial charge on any atom is -0.463 e. The van der Waals surface area contributed by atoms with Crippen LogP contribution >= 0.6 is 27.7 Å². The number of rotatable bonds is 3. The van der Waals surface area contributed by atoms with E-state index in [1.165, 1.54) is 28.8 Å². The van der Waals surface area contributed by atoms with Crippen molar-refractivity contribution in [2.24, 2.45) is 5.73 Å². The van der Waals surface area contributed by atoms with Crippen LogP contribution in [-0.4, -0.2) is 34.1 Å². The Morgan fingerprint density at radius 3 is 2.79 bits per heavy atom. The lowest BCUT2D eigenvalue weighted by Crippen LogP contribution is -2.41. The molecule has 0 aliphatic carbocycles. The van der Waals surface area contributed by atoms with E-state index in [2.05, 4.69) is 20.9 Å². The Hall–Kier alpha value is -3.16. The summed E-state index contributed by atoms with van der Waals surface area (Å²) in [5.41, 5.74) is 8.44. The highest BCUT2D eigenvalue weighted by atomic mass is 79.9. The summed E-state index contributed by atoms with van der Waals surface area (Å²) >= 11 is 4.51. The molecule has 1 unspecified atom stereocenters. The van der Waals surface area contributed by atoms with Gasteiger partial charge in [-0.05, 0) is 44.5 Å². The largest absolute Gasteiger partial charge is 0.463 e. The SMILES string of the molecule is CCOC(=O)C1=C2CSc3nc(C)cc(C)c3C(=O)N2C(N)=C(C#N)C1c1ccc(Br)cc1F. The number of pyridine rings is 1. The smallest absolute Gasteiger partial charge is 0.336 e. The van der Waals surface area contributed by atoms with Crippen molar-refractivity contribution < 1.29 is 18.7 Å². The molecule has 2 aromatic rings. The van der Waals surface area contributed by atoms with E-state index < -0.39 is 23.6 Å². The van der Waals surface area contributed by atoms with Crippen molar-refractivity contribution in [2.45, 2.75) is 31.7 Å². The van der Waals surface area contributed by atoms with E-state index in [1.807, 2.05) is 13.0 Å². The molecule has 1 aromatic carbocycles. The molecule has 3 heterocycles. The van der Waals surface area contributed by atoms with Crippen LogP contribution in [0.5, 0.6) is 0 Å². The molecule has 1 amide bonds. The molecule has 2 aliphatic heterocycles. The molecule has 2 N–H and O–H groups in total. The first-order chi connectivity index (χ1) is 16.2. The summed E-state index contributed by atoms with van der Waals surface area (Å²) in [5.74, 6) is -2.99. The van der Waals surface area contributed by atoms with Crippen LogP contribution < -0.4 is 5.73 Å². The van der Waals surface area contributed by atoms with E-state index in [0.717, 1.165) is 5.69 Å².